The van der Waals surface area contributed by atoms with E-state index in [9.17, 15) is 97.0 Å². The first-order valence-electron chi connectivity index (χ1n) is 30.3. The van der Waals surface area contributed by atoms with Crippen LogP contribution < -0.4 is 0 Å². The van der Waals surface area contributed by atoms with Gasteiger partial charge in [0.05, 0.1) is 56.8 Å². The zero-order valence-corrected chi connectivity index (χ0v) is 48.7. The highest BCUT2D eigenvalue weighted by Crippen LogP contribution is 2.74. The Balaban J connectivity index is 0.917. The fraction of sp³-hybridized carbons (Fsp3) is 0.946. The molecular weight excluding hydrogens is 1180 g/mol. The fourth-order valence-electron chi connectivity index (χ4n) is 16.4. The summed E-state index contributed by atoms with van der Waals surface area (Å²) in [4.78, 5) is 15.4. The highest BCUT2D eigenvalue weighted by atomic mass is 16.8. The van der Waals surface area contributed by atoms with Gasteiger partial charge >= 0.3 is 5.97 Å². The van der Waals surface area contributed by atoms with Gasteiger partial charge in [-0.2, -0.15) is 0 Å². The second kappa shape index (κ2) is 27.0. The molecule has 0 aromatic carbocycles. The number of carbonyl (C=O) groups excluding carboxylic acids is 1. The largest absolute Gasteiger partial charge is 0.432 e. The average molecular weight is 1280 g/mol. The van der Waals surface area contributed by atoms with Gasteiger partial charge in [-0.3, -0.25) is 4.79 Å². The van der Waals surface area contributed by atoms with Crippen LogP contribution in [0.1, 0.15) is 78.1 Å². The van der Waals surface area contributed by atoms with Crippen molar-refractivity contribution in [1.82, 2.24) is 0 Å². The van der Waals surface area contributed by atoms with E-state index in [0.717, 1.165) is 0 Å². The Morgan fingerprint density at radius 1 is 0.455 bits per heavy atom. The summed E-state index contributed by atoms with van der Waals surface area (Å²) in [5.41, 5.74) is -3.05. The van der Waals surface area contributed by atoms with Crippen LogP contribution in [0.25, 0.3) is 0 Å². The second-order valence-electron chi connectivity index (χ2n) is 26.3. The third-order valence-electron chi connectivity index (χ3n) is 21.2. The minimum Gasteiger partial charge on any atom is -0.432 e. The van der Waals surface area contributed by atoms with Crippen LogP contribution in [-0.4, -0.2) is 326 Å². The van der Waals surface area contributed by atoms with E-state index in [-0.39, 0.29) is 25.2 Å². The van der Waals surface area contributed by atoms with Crippen molar-refractivity contribution in [3.63, 3.8) is 0 Å². The molecule has 35 atom stereocenters. The van der Waals surface area contributed by atoms with Gasteiger partial charge in [0.1, 0.15) is 128 Å². The number of esters is 1. The first-order chi connectivity index (χ1) is 41.7. The van der Waals surface area contributed by atoms with E-state index in [1.54, 1.807) is 6.92 Å². The maximum absolute atomic E-state index is 15.4. The number of aliphatic hydroxyl groups excluding tert-OH is 19. The lowest BCUT2D eigenvalue weighted by atomic mass is 9.41. The van der Waals surface area contributed by atoms with Crippen molar-refractivity contribution in [2.45, 2.75) is 262 Å². The molecule has 506 valence electrons. The lowest BCUT2D eigenvalue weighted by Gasteiger charge is -2.64. The molecule has 19 N–H and O–H groups in total. The Hall–Kier alpha value is -1.99. The van der Waals surface area contributed by atoms with Gasteiger partial charge in [-0.25, -0.2) is 0 Å². The first-order valence-corrected chi connectivity index (χ1v) is 30.3. The van der Waals surface area contributed by atoms with Crippen LogP contribution in [-0.2, 0) is 61.6 Å². The number of hydrogen-bond donors (Lipinski definition) is 19. The van der Waals surface area contributed by atoms with Gasteiger partial charge in [0.15, 0.2) is 37.6 Å². The quantitative estimate of drug-likeness (QED) is 0.0344. The highest BCUT2D eigenvalue weighted by molar-refractivity contribution is 5.77. The van der Waals surface area contributed by atoms with Crippen molar-refractivity contribution in [1.29, 1.82) is 0 Å². The highest BCUT2D eigenvalue weighted by Gasteiger charge is 2.70. The molecule has 1 spiro atoms. The number of fused-ring (bicyclic) bond motifs is 3. The predicted octanol–water partition coefficient (Wildman–Crippen LogP) is -8.44. The van der Waals surface area contributed by atoms with Gasteiger partial charge in [-0.15, -0.1) is 0 Å². The molecule has 10 rings (SSSR count). The first kappa shape index (κ1) is 68.9. The van der Waals surface area contributed by atoms with Gasteiger partial charge in [0.2, 0.25) is 6.29 Å². The summed E-state index contributed by atoms with van der Waals surface area (Å²) in [6.45, 7) is 3.36. The minimum absolute atomic E-state index is 0.123. The van der Waals surface area contributed by atoms with Gasteiger partial charge in [0, 0.05) is 6.42 Å². The Kier molecular flexibility index (Phi) is 21.1. The molecule has 0 aromatic rings. The molecule has 88 heavy (non-hydrogen) atoms. The molecule has 32 nitrogen and oxygen atoms in total. The number of rotatable bonds is 18. The van der Waals surface area contributed by atoms with E-state index < -0.39 is 252 Å². The summed E-state index contributed by atoms with van der Waals surface area (Å²) in [5, 5.41) is 204. The zero-order chi connectivity index (χ0) is 63.9. The third kappa shape index (κ3) is 12.2. The molecule has 0 aromatic heterocycles. The normalized spacial score (nSPS) is 54.1. The lowest BCUT2D eigenvalue weighted by Crippen LogP contribution is -2.67. The molecule has 10 aliphatic rings. The van der Waals surface area contributed by atoms with Crippen molar-refractivity contribution >= 4 is 5.97 Å². The summed E-state index contributed by atoms with van der Waals surface area (Å²) >= 11 is 0. The zero-order valence-electron chi connectivity index (χ0n) is 48.7. The summed E-state index contributed by atoms with van der Waals surface area (Å²) in [6.07, 6.45) is -47.7. The van der Waals surface area contributed by atoms with Gasteiger partial charge < -0.3 is 154 Å². The molecule has 10 fully saturated rings. The summed E-state index contributed by atoms with van der Waals surface area (Å²) < 4.78 is 73.2. The number of aliphatic hydroxyl groups is 19. The molecule has 28 unspecified atom stereocenters. The molecule has 4 saturated carbocycles. The summed E-state index contributed by atoms with van der Waals surface area (Å²) in [6, 6.07) is 0. The maximum atomic E-state index is 15.4. The van der Waals surface area contributed by atoms with Crippen molar-refractivity contribution in [2.75, 3.05) is 39.6 Å². The minimum atomic E-state index is -2.07. The van der Waals surface area contributed by atoms with Gasteiger partial charge in [-0.05, 0) is 86.5 Å². The molecule has 0 radical (unpaired) electrons. The van der Waals surface area contributed by atoms with Crippen LogP contribution in [0.2, 0.25) is 0 Å². The summed E-state index contributed by atoms with van der Waals surface area (Å²) in [7, 11) is 0. The van der Waals surface area contributed by atoms with Crippen LogP contribution in [0.15, 0.2) is 12.2 Å². The Morgan fingerprint density at radius 3 is 1.35 bits per heavy atom. The van der Waals surface area contributed by atoms with Gasteiger partial charge in [0.25, 0.3) is 0 Å². The Morgan fingerprint density at radius 2 is 0.864 bits per heavy atom. The summed E-state index contributed by atoms with van der Waals surface area (Å²) in [5.74, 6) is -1.37. The van der Waals surface area contributed by atoms with Crippen LogP contribution in [0.4, 0.5) is 0 Å². The van der Waals surface area contributed by atoms with Crippen LogP contribution in [0.5, 0.6) is 0 Å². The molecule has 6 heterocycles. The standard InChI is InChI=1S/C56H90O32/c1-20-12-55-9-5-29-53(2,30(55)6-10-56(20,19-55)88-51-45(85-46-22(64)11-21(63)23(13-57)77-46)43(35(69)28(18-62)82-51)84-48-40(74)37(71)32(66)25(15-59)79-48)7-4-8-54(29,3)52(76)87-50-44(86-49-41(75)38(72)33(67)26(16-60)80-49)42(34(68)27(17-61)81-50)83-47-39(73)36(70)31(65)24(14-58)78-47/h21-51,57-75H,1,4-19H2,2-3H3/t21?,22-,23?,24?,25?,26?,27?,28?,29-,30-,31?,32?,33?,34?,35?,36?,37?,38?,39?,40?,41?,42?,43?,44?,45?,46?,47?,48?,49?,50?,51?,53+,54+,55+,56-/m0/s1. The van der Waals surface area contributed by atoms with Crippen molar-refractivity contribution in [2.24, 2.45) is 28.1 Å². The molecule has 32 heteroatoms. The van der Waals surface area contributed by atoms with E-state index in [1.807, 2.05) is 0 Å². The Bertz CT molecular complexity index is 2360. The lowest BCUT2D eigenvalue weighted by molar-refractivity contribution is -0.395. The van der Waals surface area contributed by atoms with Gasteiger partial charge in [-0.1, -0.05) is 19.9 Å². The van der Waals surface area contributed by atoms with Crippen molar-refractivity contribution < 1.29 is 159 Å². The molecule has 4 aliphatic carbocycles. The molecule has 6 aliphatic heterocycles. The van der Waals surface area contributed by atoms with E-state index in [0.29, 0.717) is 50.5 Å². The van der Waals surface area contributed by atoms with E-state index in [4.69, 9.17) is 56.8 Å². The maximum Gasteiger partial charge on any atom is 0.314 e. The SMILES string of the molecule is C=C1C[C@@]23CC[C@H]4[C@@](C)(CCC[C@@]4(C)C(=O)OC4OC(CO)C(O)C(OC5OC(CO)C(O)C(O)C5O)C4OC4OC(CO)C(O)C(O)C4O)[C@@H]2CC[C@]1(OC1OC(CO)C(O)C(OC2OC(CO)C(O)C(O)C2O)C1OC1OC(CO)C(O)C[C@@H]1O)C3. The number of carbonyl (C=O) groups is 1. The molecule has 0 amide bonds. The van der Waals surface area contributed by atoms with E-state index in [1.165, 1.54) is 0 Å². The van der Waals surface area contributed by atoms with Crippen molar-refractivity contribution in [3.8, 4) is 0 Å². The average Bonchev–Trinajstić information content (AvgIpc) is 1.41. The van der Waals surface area contributed by atoms with Crippen LogP contribution in [0.3, 0.4) is 0 Å². The van der Waals surface area contributed by atoms with Crippen LogP contribution >= 0.6 is 0 Å². The second-order valence-corrected chi connectivity index (χ2v) is 26.3. The Labute approximate surface area is 505 Å². The fourth-order valence-corrected chi connectivity index (χ4v) is 16.4. The van der Waals surface area contributed by atoms with Crippen molar-refractivity contribution in [3.05, 3.63) is 12.2 Å². The molecule has 6 saturated heterocycles. The predicted molar refractivity (Wildman–Crippen MR) is 283 cm³/mol. The van der Waals surface area contributed by atoms with E-state index in [2.05, 4.69) is 13.5 Å². The van der Waals surface area contributed by atoms with E-state index >= 15 is 4.79 Å². The van der Waals surface area contributed by atoms with Crippen LogP contribution in [0, 0.1) is 28.1 Å². The number of hydrogen-bond acceptors (Lipinski definition) is 32. The third-order valence-corrected chi connectivity index (χ3v) is 21.2. The molecular formula is C56H90O32. The smallest absolute Gasteiger partial charge is 0.314 e. The monoisotopic (exact) mass is 1270 g/mol. The molecule has 2 bridgehead atoms. The number of ether oxygens (including phenoxy) is 12. The topological polar surface area (TPSA) is 512 Å².